The van der Waals surface area contributed by atoms with Gasteiger partial charge >= 0.3 is 0 Å². The van der Waals surface area contributed by atoms with E-state index in [0.29, 0.717) is 32.6 Å². The van der Waals surface area contributed by atoms with Gasteiger partial charge in [0, 0.05) is 36.4 Å². The molecule has 38 heavy (non-hydrogen) atoms. The summed E-state index contributed by atoms with van der Waals surface area (Å²) >= 11 is 7.98. The van der Waals surface area contributed by atoms with Crippen LogP contribution in [0.5, 0.6) is 0 Å². The molecule has 0 spiro atoms. The van der Waals surface area contributed by atoms with Gasteiger partial charge in [0.15, 0.2) is 0 Å². The van der Waals surface area contributed by atoms with Gasteiger partial charge in [-0.1, -0.05) is 36.7 Å². The topological polar surface area (TPSA) is 45.2 Å². The van der Waals surface area contributed by atoms with Gasteiger partial charge in [-0.25, -0.2) is 4.39 Å². The number of hydrogen-bond donors (Lipinski definition) is 1. The van der Waals surface area contributed by atoms with Crippen molar-refractivity contribution in [1.82, 2.24) is 15.2 Å². The first-order chi connectivity index (χ1) is 18.4. The summed E-state index contributed by atoms with van der Waals surface area (Å²) in [6.07, 6.45) is 8.31. The van der Waals surface area contributed by atoms with E-state index >= 15 is 0 Å². The molecule has 1 saturated carbocycles. The van der Waals surface area contributed by atoms with Crippen LogP contribution in [0.1, 0.15) is 59.0 Å². The van der Waals surface area contributed by atoms with Gasteiger partial charge in [-0.2, -0.15) is 0 Å². The van der Waals surface area contributed by atoms with Gasteiger partial charge in [0.25, 0.3) is 5.91 Å². The average Bonchev–Trinajstić information content (AvgIpc) is 3.32. The molecular formula is C31H33ClFN3OS. The van der Waals surface area contributed by atoms with Gasteiger partial charge in [-0.3, -0.25) is 9.78 Å². The molecule has 7 heteroatoms. The van der Waals surface area contributed by atoms with Crippen molar-refractivity contribution in [2.75, 3.05) is 7.05 Å². The Morgan fingerprint density at radius 2 is 1.82 bits per heavy atom. The third-order valence-corrected chi connectivity index (χ3v) is 9.56. The number of aromatic nitrogens is 1. The zero-order valence-electron chi connectivity index (χ0n) is 22.1. The minimum absolute atomic E-state index is 0.0913. The van der Waals surface area contributed by atoms with Gasteiger partial charge in [0.2, 0.25) is 0 Å². The molecule has 0 saturated heterocycles. The molecular weight excluding hydrogens is 517 g/mol. The summed E-state index contributed by atoms with van der Waals surface area (Å²) in [5.74, 6) is -0.449. The minimum Gasteiger partial charge on any atom is -0.331 e. The Hall–Kier alpha value is -2.80. The predicted octanol–water partition coefficient (Wildman–Crippen LogP) is 7.80. The molecule has 0 atom stereocenters. The van der Waals surface area contributed by atoms with Crippen molar-refractivity contribution < 1.29 is 9.18 Å². The second-order valence-electron chi connectivity index (χ2n) is 10.1. The van der Waals surface area contributed by atoms with Crippen molar-refractivity contribution >= 4 is 38.9 Å². The molecule has 1 N–H and O–H groups in total. The fourth-order valence-corrected chi connectivity index (χ4v) is 7.25. The summed E-state index contributed by atoms with van der Waals surface area (Å²) in [6.45, 7) is 4.54. The Kier molecular flexibility index (Phi) is 8.12. The van der Waals surface area contributed by atoms with E-state index in [1.54, 1.807) is 18.5 Å². The molecule has 0 aliphatic heterocycles. The van der Waals surface area contributed by atoms with Crippen molar-refractivity contribution in [2.24, 2.45) is 0 Å². The van der Waals surface area contributed by atoms with E-state index in [1.165, 1.54) is 23.0 Å². The molecule has 1 aliphatic carbocycles. The summed E-state index contributed by atoms with van der Waals surface area (Å²) in [5, 5.41) is 4.40. The number of benzene rings is 2. The maximum atomic E-state index is 14.7. The van der Waals surface area contributed by atoms with Crippen LogP contribution in [-0.2, 0) is 13.0 Å². The first kappa shape index (κ1) is 26.8. The molecule has 1 amide bonds. The second kappa shape index (κ2) is 11.5. The largest absolute Gasteiger partial charge is 0.331 e. The number of carbonyl (C=O) groups excluding carboxylic acids is 1. The van der Waals surface area contributed by atoms with E-state index in [-0.39, 0.29) is 17.8 Å². The van der Waals surface area contributed by atoms with Crippen LogP contribution in [0, 0.1) is 12.7 Å². The van der Waals surface area contributed by atoms with Crippen LogP contribution in [0.25, 0.3) is 21.2 Å². The molecule has 1 fully saturated rings. The van der Waals surface area contributed by atoms with E-state index in [4.69, 9.17) is 11.6 Å². The number of thiophene rings is 1. The van der Waals surface area contributed by atoms with Crippen LogP contribution < -0.4 is 5.32 Å². The van der Waals surface area contributed by atoms with Crippen LogP contribution in [0.15, 0.2) is 54.9 Å². The van der Waals surface area contributed by atoms with Gasteiger partial charge in [0.1, 0.15) is 10.7 Å². The number of hydrogen-bond acceptors (Lipinski definition) is 4. The van der Waals surface area contributed by atoms with Crippen LogP contribution in [0.4, 0.5) is 4.39 Å². The van der Waals surface area contributed by atoms with Gasteiger partial charge in [0.05, 0.1) is 9.72 Å². The lowest BCUT2D eigenvalue weighted by Gasteiger charge is -2.37. The maximum Gasteiger partial charge on any atom is 0.266 e. The highest BCUT2D eigenvalue weighted by Crippen LogP contribution is 2.40. The number of pyridine rings is 1. The Morgan fingerprint density at radius 3 is 2.47 bits per heavy atom. The third-order valence-electron chi connectivity index (χ3n) is 7.88. The lowest BCUT2D eigenvalue weighted by atomic mass is 9.89. The van der Waals surface area contributed by atoms with Gasteiger partial charge in [-0.15, -0.1) is 11.3 Å². The van der Waals surface area contributed by atoms with Crippen molar-refractivity contribution in [3.8, 4) is 11.1 Å². The summed E-state index contributed by atoms with van der Waals surface area (Å²) in [4.78, 5) is 20.8. The highest BCUT2D eigenvalue weighted by Gasteiger charge is 2.32. The molecule has 4 aromatic rings. The maximum absolute atomic E-state index is 14.7. The van der Waals surface area contributed by atoms with Crippen LogP contribution in [0.2, 0.25) is 5.02 Å². The number of fused-ring (bicyclic) bond motifs is 1. The van der Waals surface area contributed by atoms with Crippen molar-refractivity contribution in [1.29, 1.82) is 0 Å². The van der Waals surface area contributed by atoms with Crippen molar-refractivity contribution in [2.45, 2.75) is 64.6 Å². The number of halogens is 2. The molecule has 1 aliphatic rings. The standard InChI is InChI=1S/C31H33ClFN3OS/c1-4-20-6-7-22(21-13-15-35-16-14-21)17-23(20)18-36(25-10-8-24(34-3)9-11-25)31(37)30-28(32)27-19(2)5-12-26(33)29(27)38-30/h5-7,12-17,24-25,34H,4,8-11,18H2,1-3H3/t24-,25-. The van der Waals surface area contributed by atoms with Crippen LogP contribution >= 0.6 is 22.9 Å². The van der Waals surface area contributed by atoms with Gasteiger partial charge < -0.3 is 10.2 Å². The Labute approximate surface area is 232 Å². The number of nitrogens with zero attached hydrogens (tertiary/aromatic N) is 2. The summed E-state index contributed by atoms with van der Waals surface area (Å²) < 4.78 is 15.2. The van der Waals surface area contributed by atoms with Crippen LogP contribution in [0.3, 0.4) is 0 Å². The first-order valence-corrected chi connectivity index (χ1v) is 14.5. The first-order valence-electron chi connectivity index (χ1n) is 13.3. The average molecular weight is 550 g/mol. The van der Waals surface area contributed by atoms with Gasteiger partial charge in [-0.05, 0) is 98.2 Å². The molecule has 0 radical (unpaired) electrons. The van der Waals surface area contributed by atoms with Crippen molar-refractivity contribution in [3.63, 3.8) is 0 Å². The minimum atomic E-state index is -0.337. The molecule has 4 nitrogen and oxygen atoms in total. The lowest BCUT2D eigenvalue weighted by Crippen LogP contribution is -2.44. The highest BCUT2D eigenvalue weighted by molar-refractivity contribution is 7.21. The number of amides is 1. The monoisotopic (exact) mass is 549 g/mol. The lowest BCUT2D eigenvalue weighted by molar-refractivity contribution is 0.0606. The van der Waals surface area contributed by atoms with E-state index in [2.05, 4.69) is 35.4 Å². The normalized spacial score (nSPS) is 17.6. The number of aryl methyl sites for hydroxylation is 2. The fraction of sp³-hybridized carbons (Fsp3) is 0.355. The predicted molar refractivity (Wildman–Crippen MR) is 156 cm³/mol. The SMILES string of the molecule is CCc1ccc(-c2ccncc2)cc1CN(C(=O)c1sc2c(F)ccc(C)c2c1Cl)[C@H]1CC[C@H](NC)CC1. The summed E-state index contributed by atoms with van der Waals surface area (Å²) in [7, 11) is 2.00. The second-order valence-corrected chi connectivity index (χ2v) is 11.5. The zero-order chi connectivity index (χ0) is 26.8. The quantitative estimate of drug-likeness (QED) is 0.256. The van der Waals surface area contributed by atoms with E-state index in [9.17, 15) is 9.18 Å². The third kappa shape index (κ3) is 5.22. The number of nitrogens with one attached hydrogen (secondary N) is 1. The van der Waals surface area contributed by atoms with E-state index in [0.717, 1.165) is 54.4 Å². The molecule has 0 unspecified atom stereocenters. The molecule has 0 bridgehead atoms. The van der Waals surface area contributed by atoms with E-state index in [1.807, 2.05) is 31.0 Å². The molecule has 198 valence electrons. The Bertz CT molecular complexity index is 1450. The zero-order valence-corrected chi connectivity index (χ0v) is 23.6. The van der Waals surface area contributed by atoms with Crippen LogP contribution in [-0.4, -0.2) is 34.9 Å². The molecule has 5 rings (SSSR count). The fourth-order valence-electron chi connectivity index (χ4n) is 5.62. The number of carbonyl (C=O) groups is 1. The highest BCUT2D eigenvalue weighted by atomic mass is 35.5. The molecule has 2 aromatic heterocycles. The molecule has 2 heterocycles. The van der Waals surface area contributed by atoms with Crippen molar-refractivity contribution in [3.05, 3.63) is 87.3 Å². The Morgan fingerprint density at radius 1 is 1.08 bits per heavy atom. The van der Waals surface area contributed by atoms with E-state index < -0.39 is 0 Å². The number of rotatable bonds is 7. The molecule has 2 aromatic carbocycles. The summed E-state index contributed by atoms with van der Waals surface area (Å²) in [5.41, 5.74) is 5.42. The smallest absolute Gasteiger partial charge is 0.266 e. The summed E-state index contributed by atoms with van der Waals surface area (Å²) in [6, 6.07) is 14.2. The Balaban J connectivity index is 1.56.